The van der Waals surface area contributed by atoms with E-state index in [4.69, 9.17) is 32.9 Å². The highest BCUT2D eigenvalue weighted by atomic mass is 35.5. The van der Waals surface area contributed by atoms with Crippen LogP contribution in [0.3, 0.4) is 0 Å². The van der Waals surface area contributed by atoms with Gasteiger partial charge in [0.25, 0.3) is 11.1 Å². The summed E-state index contributed by atoms with van der Waals surface area (Å²) < 4.78 is 14.8. The summed E-state index contributed by atoms with van der Waals surface area (Å²) in [6.45, 7) is 9.06. The van der Waals surface area contributed by atoms with Crippen molar-refractivity contribution in [2.45, 2.75) is 98.3 Å². The van der Waals surface area contributed by atoms with E-state index >= 15 is 0 Å². The van der Waals surface area contributed by atoms with Crippen LogP contribution in [0.15, 0.2) is 67.7 Å². The van der Waals surface area contributed by atoms with Crippen LogP contribution in [0.5, 0.6) is 0 Å². The van der Waals surface area contributed by atoms with Crippen molar-refractivity contribution in [3.8, 4) is 0 Å². The molecule has 0 aliphatic carbocycles. The molecule has 0 radical (unpaired) electrons. The fraction of sp³-hybridized carbons (Fsp3) is 0.476. The van der Waals surface area contributed by atoms with E-state index < -0.39 is 0 Å². The topological polar surface area (TPSA) is 153 Å². The first-order chi connectivity index (χ1) is 27.9. The van der Waals surface area contributed by atoms with E-state index in [0.29, 0.717) is 96.9 Å². The monoisotopic (exact) mass is 836 g/mol. The maximum atomic E-state index is 13.3. The first-order valence-electron chi connectivity index (χ1n) is 20.0. The second-order valence-corrected chi connectivity index (χ2v) is 15.1. The van der Waals surface area contributed by atoms with Crippen molar-refractivity contribution < 1.29 is 9.84 Å². The summed E-state index contributed by atoms with van der Waals surface area (Å²) in [6, 6.07) is 15.0. The SMILES string of the molecule is CCCCn1c(=O)c2c(nc(CCCO)n2Cc2ccc(Cl)cc2)n(C)c1=O.CCCCn1c(=O)c2c(nc(CCCOCC)n2Cc2ccc(Cl)cc2)n(C)c1=O. The van der Waals surface area contributed by atoms with E-state index in [2.05, 4.69) is 4.98 Å². The molecule has 4 heterocycles. The Morgan fingerprint density at radius 3 is 1.40 bits per heavy atom. The summed E-state index contributed by atoms with van der Waals surface area (Å²) in [5.74, 6) is 1.46. The van der Waals surface area contributed by atoms with Crippen molar-refractivity contribution in [1.29, 1.82) is 0 Å². The average molecular weight is 838 g/mol. The maximum Gasteiger partial charge on any atom is 0.332 e. The minimum atomic E-state index is -0.351. The lowest BCUT2D eigenvalue weighted by Crippen LogP contribution is -2.39. The summed E-state index contributed by atoms with van der Waals surface area (Å²) in [7, 11) is 3.32. The molecule has 0 atom stereocenters. The summed E-state index contributed by atoms with van der Waals surface area (Å²) in [4.78, 5) is 61.2. The van der Waals surface area contributed by atoms with Crippen LogP contribution in [-0.2, 0) is 57.9 Å². The minimum absolute atomic E-state index is 0.0316. The molecule has 58 heavy (non-hydrogen) atoms. The summed E-state index contributed by atoms with van der Waals surface area (Å²) in [5, 5.41) is 10.5. The molecule has 0 amide bonds. The second-order valence-electron chi connectivity index (χ2n) is 14.3. The third kappa shape index (κ3) is 10.1. The number of hydrogen-bond donors (Lipinski definition) is 1. The molecule has 0 aliphatic heterocycles. The van der Waals surface area contributed by atoms with Gasteiger partial charge in [-0.15, -0.1) is 0 Å². The quantitative estimate of drug-likeness (QED) is 0.109. The highest BCUT2D eigenvalue weighted by Crippen LogP contribution is 2.19. The van der Waals surface area contributed by atoms with Gasteiger partial charge in [-0.3, -0.25) is 27.9 Å². The highest BCUT2D eigenvalue weighted by Gasteiger charge is 2.22. The van der Waals surface area contributed by atoms with Crippen molar-refractivity contribution in [1.82, 2.24) is 37.4 Å². The van der Waals surface area contributed by atoms with Crippen molar-refractivity contribution in [3.05, 3.63) is 123 Å². The average Bonchev–Trinajstić information content (AvgIpc) is 3.77. The van der Waals surface area contributed by atoms with E-state index in [1.807, 2.05) is 66.3 Å². The number of halogens is 2. The Morgan fingerprint density at radius 2 is 1.02 bits per heavy atom. The van der Waals surface area contributed by atoms with Gasteiger partial charge < -0.3 is 19.0 Å². The van der Waals surface area contributed by atoms with Gasteiger partial charge in [0.15, 0.2) is 22.3 Å². The predicted molar refractivity (Wildman–Crippen MR) is 230 cm³/mol. The Bertz CT molecular complexity index is 2550. The zero-order chi connectivity index (χ0) is 41.9. The Morgan fingerprint density at radius 1 is 0.603 bits per heavy atom. The number of aromatic nitrogens is 8. The molecule has 312 valence electrons. The van der Waals surface area contributed by atoms with Crippen molar-refractivity contribution >= 4 is 45.5 Å². The van der Waals surface area contributed by atoms with E-state index in [1.54, 1.807) is 26.2 Å². The van der Waals surface area contributed by atoms with Crippen LogP contribution in [0.1, 0.15) is 82.1 Å². The Balaban J connectivity index is 0.000000221. The van der Waals surface area contributed by atoms with Gasteiger partial charge in [-0.25, -0.2) is 19.6 Å². The second kappa shape index (κ2) is 20.8. The molecular weight excluding hydrogens is 783 g/mol. The Labute approximate surface area is 346 Å². The summed E-state index contributed by atoms with van der Waals surface area (Å²) in [6.07, 6.45) is 5.81. The van der Waals surface area contributed by atoms with Crippen molar-refractivity contribution in [2.75, 3.05) is 19.8 Å². The number of hydrogen-bond acceptors (Lipinski definition) is 8. The third-order valence-corrected chi connectivity index (χ3v) is 10.6. The number of benzene rings is 2. The normalized spacial score (nSPS) is 11.4. The molecule has 0 saturated heterocycles. The number of rotatable bonds is 18. The number of fused-ring (bicyclic) bond motifs is 2. The highest BCUT2D eigenvalue weighted by molar-refractivity contribution is 6.30. The molecule has 0 aliphatic rings. The third-order valence-electron chi connectivity index (χ3n) is 10.1. The van der Waals surface area contributed by atoms with E-state index in [0.717, 1.165) is 49.1 Å². The summed E-state index contributed by atoms with van der Waals surface area (Å²) >= 11 is 12.0. The van der Waals surface area contributed by atoms with Gasteiger partial charge in [-0.1, -0.05) is 74.2 Å². The molecule has 14 nitrogen and oxygen atoms in total. The maximum absolute atomic E-state index is 13.3. The molecule has 6 rings (SSSR count). The molecule has 1 N–H and O–H groups in total. The van der Waals surface area contributed by atoms with Crippen molar-refractivity contribution in [3.63, 3.8) is 0 Å². The lowest BCUT2D eigenvalue weighted by molar-refractivity contribution is 0.144. The summed E-state index contributed by atoms with van der Waals surface area (Å²) in [5.41, 5.74) is 2.41. The van der Waals surface area contributed by atoms with E-state index in [-0.39, 0.29) is 29.1 Å². The molecule has 0 bridgehead atoms. The van der Waals surface area contributed by atoms with Gasteiger partial charge in [0, 0.05) is 83.0 Å². The van der Waals surface area contributed by atoms with Crippen LogP contribution in [0, 0.1) is 0 Å². The van der Waals surface area contributed by atoms with Crippen LogP contribution in [0.25, 0.3) is 22.3 Å². The van der Waals surface area contributed by atoms with Gasteiger partial charge in [-0.05, 0) is 68.0 Å². The fourth-order valence-electron chi connectivity index (χ4n) is 6.84. The number of aliphatic hydroxyl groups is 1. The van der Waals surface area contributed by atoms with Crippen LogP contribution in [0.4, 0.5) is 0 Å². The van der Waals surface area contributed by atoms with Crippen LogP contribution in [0.2, 0.25) is 10.0 Å². The van der Waals surface area contributed by atoms with E-state index in [1.165, 1.54) is 18.3 Å². The molecule has 0 fully saturated rings. The van der Waals surface area contributed by atoms with Crippen molar-refractivity contribution in [2.24, 2.45) is 14.1 Å². The number of ether oxygens (including phenoxy) is 1. The molecule has 4 aromatic heterocycles. The van der Waals surface area contributed by atoms with Crippen LogP contribution < -0.4 is 22.5 Å². The lowest BCUT2D eigenvalue weighted by atomic mass is 10.2. The molecule has 2 aromatic carbocycles. The fourth-order valence-corrected chi connectivity index (χ4v) is 7.09. The molecule has 0 saturated carbocycles. The van der Waals surface area contributed by atoms with Crippen LogP contribution in [-0.4, -0.2) is 62.3 Å². The van der Waals surface area contributed by atoms with E-state index in [9.17, 15) is 24.3 Å². The number of imidazole rings is 2. The lowest BCUT2D eigenvalue weighted by Gasteiger charge is -2.11. The molecule has 0 unspecified atom stereocenters. The first kappa shape index (κ1) is 44.3. The smallest absolute Gasteiger partial charge is 0.332 e. The number of nitrogens with zero attached hydrogens (tertiary/aromatic N) is 8. The zero-order valence-electron chi connectivity index (χ0n) is 34.0. The number of aliphatic hydroxyl groups excluding tert-OH is 1. The molecule has 6 aromatic rings. The van der Waals surface area contributed by atoms with Gasteiger partial charge in [0.2, 0.25) is 0 Å². The Kier molecular flexibility index (Phi) is 15.9. The zero-order valence-corrected chi connectivity index (χ0v) is 35.6. The largest absolute Gasteiger partial charge is 0.396 e. The minimum Gasteiger partial charge on any atom is -0.396 e. The number of unbranched alkanes of at least 4 members (excludes halogenated alkanes) is 2. The van der Waals surface area contributed by atoms with Gasteiger partial charge in [0.05, 0.1) is 0 Å². The standard InChI is InChI=1S/C22H29ClN4O3.C20H25ClN4O3/c1-4-6-13-26-21(28)19-20(25(3)22(26)29)24-18(8-7-14-30-5-2)27(19)15-16-9-11-17(23)12-10-16;1-3-4-11-24-19(27)17-18(23(2)20(24)28)22-16(6-5-12-26)25(17)13-14-7-9-15(21)10-8-14/h9-12H,4-8,13-15H2,1-3H3;7-10,26H,3-6,11-13H2,1-2H3. The van der Waals surface area contributed by atoms with Crippen LogP contribution >= 0.6 is 23.2 Å². The van der Waals surface area contributed by atoms with Gasteiger partial charge >= 0.3 is 11.4 Å². The van der Waals surface area contributed by atoms with Gasteiger partial charge in [0.1, 0.15) is 11.6 Å². The number of aryl methyl sites for hydroxylation is 4. The first-order valence-corrected chi connectivity index (χ1v) is 20.8. The molecule has 0 spiro atoms. The van der Waals surface area contributed by atoms with Gasteiger partial charge in [-0.2, -0.15) is 0 Å². The molecule has 16 heteroatoms. The molecular formula is C42H54Cl2N8O6. The Hall–Kier alpha value is -4.76. The predicted octanol–water partition coefficient (Wildman–Crippen LogP) is 5.69.